The lowest BCUT2D eigenvalue weighted by Gasteiger charge is -2.12. The predicted molar refractivity (Wildman–Crippen MR) is 98.7 cm³/mol. The molecule has 0 aliphatic rings. The zero-order valence-corrected chi connectivity index (χ0v) is 15.0. The van der Waals surface area contributed by atoms with Gasteiger partial charge in [0, 0.05) is 6.20 Å². The van der Waals surface area contributed by atoms with Crippen molar-refractivity contribution in [2.45, 2.75) is 6.73 Å². The number of rotatable bonds is 5. The molecule has 1 aromatic heterocycles. The molecule has 3 rings (SSSR count). The number of anilines is 1. The van der Waals surface area contributed by atoms with Gasteiger partial charge in [-0.25, -0.2) is 4.68 Å². The number of ether oxygens (including phenoxy) is 1. The van der Waals surface area contributed by atoms with Crippen LogP contribution in [0, 0.1) is 0 Å². The molecule has 1 N–H and O–H groups in total. The molecule has 5 nitrogen and oxygen atoms in total. The van der Waals surface area contributed by atoms with Crippen molar-refractivity contribution in [1.29, 1.82) is 0 Å². The number of para-hydroxylation sites is 2. The standard InChI is InChI=1S/C17H12Cl3N3O2/c18-11-4-1-2-7-15(11)25-10-23-14(8-9-21-23)17(24)22-16-12(19)5-3-6-13(16)20/h1-9H,10H2,(H,22,24). The van der Waals surface area contributed by atoms with Gasteiger partial charge in [-0.15, -0.1) is 0 Å². The summed E-state index contributed by atoms with van der Waals surface area (Å²) in [4.78, 5) is 12.5. The van der Waals surface area contributed by atoms with Crippen molar-refractivity contribution in [2.75, 3.05) is 5.32 Å². The summed E-state index contributed by atoms with van der Waals surface area (Å²) in [5, 5.41) is 7.94. The Balaban J connectivity index is 1.75. The Morgan fingerprint density at radius 3 is 2.40 bits per heavy atom. The van der Waals surface area contributed by atoms with E-state index in [4.69, 9.17) is 39.5 Å². The van der Waals surface area contributed by atoms with E-state index in [1.807, 2.05) is 0 Å². The maximum absolute atomic E-state index is 12.5. The number of halogens is 3. The van der Waals surface area contributed by atoms with Crippen LogP contribution in [0.1, 0.15) is 10.5 Å². The molecular weight excluding hydrogens is 385 g/mol. The highest BCUT2D eigenvalue weighted by atomic mass is 35.5. The van der Waals surface area contributed by atoms with Crippen molar-refractivity contribution in [2.24, 2.45) is 0 Å². The molecule has 128 valence electrons. The monoisotopic (exact) mass is 395 g/mol. The summed E-state index contributed by atoms with van der Waals surface area (Å²) in [5.41, 5.74) is 0.638. The number of carbonyl (C=O) groups excluding carboxylic acids is 1. The summed E-state index contributed by atoms with van der Waals surface area (Å²) < 4.78 is 7.01. The van der Waals surface area contributed by atoms with Crippen LogP contribution < -0.4 is 10.1 Å². The highest BCUT2D eigenvalue weighted by Crippen LogP contribution is 2.30. The summed E-state index contributed by atoms with van der Waals surface area (Å²) in [5.74, 6) is 0.0930. The summed E-state index contributed by atoms with van der Waals surface area (Å²) in [6, 6.07) is 13.6. The number of amides is 1. The van der Waals surface area contributed by atoms with Crippen LogP contribution in [0.4, 0.5) is 5.69 Å². The van der Waals surface area contributed by atoms with Crippen molar-refractivity contribution in [3.63, 3.8) is 0 Å². The van der Waals surface area contributed by atoms with Gasteiger partial charge in [0.1, 0.15) is 11.4 Å². The number of hydrogen-bond acceptors (Lipinski definition) is 3. The van der Waals surface area contributed by atoms with Gasteiger partial charge < -0.3 is 10.1 Å². The molecule has 0 fully saturated rings. The predicted octanol–water partition coefficient (Wildman–Crippen LogP) is 5.13. The fourth-order valence-electron chi connectivity index (χ4n) is 2.12. The fraction of sp³-hybridized carbons (Fsp3) is 0.0588. The van der Waals surface area contributed by atoms with E-state index in [0.29, 0.717) is 32.2 Å². The highest BCUT2D eigenvalue weighted by Gasteiger charge is 2.16. The van der Waals surface area contributed by atoms with Crippen molar-refractivity contribution < 1.29 is 9.53 Å². The normalized spacial score (nSPS) is 10.5. The molecule has 25 heavy (non-hydrogen) atoms. The Morgan fingerprint density at radius 2 is 1.68 bits per heavy atom. The van der Waals surface area contributed by atoms with E-state index in [2.05, 4.69) is 10.4 Å². The first-order chi connectivity index (χ1) is 12.1. The molecule has 0 atom stereocenters. The van der Waals surface area contributed by atoms with Gasteiger partial charge in [-0.3, -0.25) is 4.79 Å². The number of hydrogen-bond donors (Lipinski definition) is 1. The number of nitrogens with zero attached hydrogens (tertiary/aromatic N) is 2. The molecule has 0 spiro atoms. The first-order valence-corrected chi connectivity index (χ1v) is 8.34. The number of benzene rings is 2. The first-order valence-electron chi connectivity index (χ1n) is 7.21. The molecule has 0 bridgehead atoms. The minimum absolute atomic E-state index is 0.0236. The molecule has 8 heteroatoms. The van der Waals surface area contributed by atoms with Gasteiger partial charge in [0.15, 0.2) is 6.73 Å². The zero-order chi connectivity index (χ0) is 17.8. The molecule has 0 unspecified atom stereocenters. The molecule has 0 saturated carbocycles. The van der Waals surface area contributed by atoms with Gasteiger partial charge in [0.05, 0.1) is 20.8 Å². The van der Waals surface area contributed by atoms with Gasteiger partial charge >= 0.3 is 0 Å². The van der Waals surface area contributed by atoms with Crippen LogP contribution in [-0.2, 0) is 6.73 Å². The Hall–Kier alpha value is -2.21. The molecule has 3 aromatic rings. The van der Waals surface area contributed by atoms with Gasteiger partial charge in [-0.2, -0.15) is 5.10 Å². The van der Waals surface area contributed by atoms with E-state index in [1.165, 1.54) is 10.9 Å². The van der Waals surface area contributed by atoms with Crippen LogP contribution in [-0.4, -0.2) is 15.7 Å². The van der Waals surface area contributed by atoms with Crippen molar-refractivity contribution in [1.82, 2.24) is 9.78 Å². The smallest absolute Gasteiger partial charge is 0.274 e. The van der Waals surface area contributed by atoms with Crippen LogP contribution in [0.15, 0.2) is 54.7 Å². The molecule has 1 amide bonds. The second-order valence-corrected chi connectivity index (χ2v) is 6.19. The van der Waals surface area contributed by atoms with Crippen molar-refractivity contribution in [3.05, 3.63) is 75.5 Å². The topological polar surface area (TPSA) is 56.2 Å². The Morgan fingerprint density at radius 1 is 1.00 bits per heavy atom. The number of carbonyl (C=O) groups is 1. The lowest BCUT2D eigenvalue weighted by atomic mass is 10.3. The van der Waals surface area contributed by atoms with Crippen molar-refractivity contribution in [3.8, 4) is 5.75 Å². The molecule has 2 aromatic carbocycles. The van der Waals surface area contributed by atoms with Gasteiger partial charge in [-0.05, 0) is 30.3 Å². The van der Waals surface area contributed by atoms with E-state index < -0.39 is 5.91 Å². The minimum Gasteiger partial charge on any atom is -0.470 e. The lowest BCUT2D eigenvalue weighted by Crippen LogP contribution is -2.20. The van der Waals surface area contributed by atoms with Gasteiger partial charge in [0.2, 0.25) is 0 Å². The SMILES string of the molecule is O=C(Nc1c(Cl)cccc1Cl)c1ccnn1COc1ccccc1Cl. The molecule has 0 saturated heterocycles. The first kappa shape index (κ1) is 17.6. The van der Waals surface area contributed by atoms with E-state index in [9.17, 15) is 4.79 Å². The molecule has 0 aliphatic heterocycles. The Bertz CT molecular complexity index is 891. The summed E-state index contributed by atoms with van der Waals surface area (Å²) in [6.07, 6.45) is 1.50. The second-order valence-electron chi connectivity index (χ2n) is 4.97. The quantitative estimate of drug-likeness (QED) is 0.650. The van der Waals surface area contributed by atoms with Crippen LogP contribution in [0.25, 0.3) is 0 Å². The van der Waals surface area contributed by atoms with Crippen LogP contribution >= 0.6 is 34.8 Å². The minimum atomic E-state index is -0.407. The maximum Gasteiger partial charge on any atom is 0.274 e. The number of nitrogens with one attached hydrogen (secondary N) is 1. The zero-order valence-electron chi connectivity index (χ0n) is 12.7. The molecular formula is C17H12Cl3N3O2. The number of aromatic nitrogens is 2. The lowest BCUT2D eigenvalue weighted by molar-refractivity contribution is 0.100. The van der Waals surface area contributed by atoms with E-state index in [1.54, 1.807) is 48.5 Å². The fourth-order valence-corrected chi connectivity index (χ4v) is 2.80. The van der Waals surface area contributed by atoms with E-state index >= 15 is 0 Å². The van der Waals surface area contributed by atoms with Crippen LogP contribution in [0.5, 0.6) is 5.75 Å². The second kappa shape index (κ2) is 7.78. The molecule has 0 radical (unpaired) electrons. The average Bonchev–Trinajstić information content (AvgIpc) is 3.06. The van der Waals surface area contributed by atoms with Crippen molar-refractivity contribution >= 4 is 46.4 Å². The van der Waals surface area contributed by atoms with E-state index in [0.717, 1.165) is 0 Å². The van der Waals surface area contributed by atoms with Gasteiger partial charge in [-0.1, -0.05) is 53.0 Å². The summed E-state index contributed by atoms with van der Waals surface area (Å²) in [6.45, 7) is 0.0236. The average molecular weight is 397 g/mol. The molecule has 1 heterocycles. The van der Waals surface area contributed by atoms with Crippen LogP contribution in [0.2, 0.25) is 15.1 Å². The summed E-state index contributed by atoms with van der Waals surface area (Å²) in [7, 11) is 0. The Kier molecular flexibility index (Phi) is 5.48. The van der Waals surface area contributed by atoms with Gasteiger partial charge in [0.25, 0.3) is 5.91 Å². The highest BCUT2D eigenvalue weighted by molar-refractivity contribution is 6.40. The maximum atomic E-state index is 12.5. The third-order valence-corrected chi connectivity index (χ3v) is 4.27. The summed E-state index contributed by atoms with van der Waals surface area (Å²) >= 11 is 18.2. The Labute approximate surface area is 159 Å². The van der Waals surface area contributed by atoms with E-state index in [-0.39, 0.29) is 6.73 Å². The third kappa shape index (κ3) is 4.07. The van der Waals surface area contributed by atoms with Crippen LogP contribution in [0.3, 0.4) is 0 Å². The largest absolute Gasteiger partial charge is 0.470 e. The third-order valence-electron chi connectivity index (χ3n) is 3.33. The molecule has 0 aliphatic carbocycles.